The molecule has 1 heterocycles. The van der Waals surface area contributed by atoms with Crippen LogP contribution in [0.4, 0.5) is 0 Å². The number of amides is 1. The second-order valence-electron chi connectivity index (χ2n) is 7.05. The van der Waals surface area contributed by atoms with Crippen molar-refractivity contribution in [1.82, 2.24) is 14.9 Å². The third kappa shape index (κ3) is 5.28. The first-order valence-electron chi connectivity index (χ1n) is 9.60. The number of hydrogen-bond acceptors (Lipinski definition) is 5. The molecular formula is C21H25N3O4. The predicted octanol–water partition coefficient (Wildman–Crippen LogP) is 2.30. The lowest BCUT2D eigenvalue weighted by Gasteiger charge is -2.11. The SMILES string of the molecule is CC(=O)c1ccc(OCC(=O)NCCn2cnc(C3CCCC3)cc2=O)cc1. The summed E-state index contributed by atoms with van der Waals surface area (Å²) in [5.74, 6) is 0.622. The van der Waals surface area contributed by atoms with E-state index in [0.29, 0.717) is 30.3 Å². The molecule has 28 heavy (non-hydrogen) atoms. The van der Waals surface area contributed by atoms with Crippen LogP contribution in [-0.2, 0) is 11.3 Å². The van der Waals surface area contributed by atoms with Crippen LogP contribution in [0.1, 0.15) is 54.6 Å². The predicted molar refractivity (Wildman–Crippen MR) is 105 cm³/mol. The van der Waals surface area contributed by atoms with Crippen molar-refractivity contribution in [1.29, 1.82) is 0 Å². The van der Waals surface area contributed by atoms with Crippen molar-refractivity contribution in [2.45, 2.75) is 45.1 Å². The average molecular weight is 383 g/mol. The van der Waals surface area contributed by atoms with Gasteiger partial charge in [-0.2, -0.15) is 0 Å². The summed E-state index contributed by atoms with van der Waals surface area (Å²) in [4.78, 5) is 39.8. The number of nitrogens with zero attached hydrogens (tertiary/aromatic N) is 2. The minimum atomic E-state index is -0.278. The van der Waals surface area contributed by atoms with Gasteiger partial charge in [0, 0.05) is 30.6 Å². The van der Waals surface area contributed by atoms with Crippen molar-refractivity contribution in [2.24, 2.45) is 0 Å². The van der Waals surface area contributed by atoms with E-state index in [1.165, 1.54) is 24.3 Å². The molecule has 0 aliphatic heterocycles. The molecule has 1 fully saturated rings. The summed E-state index contributed by atoms with van der Waals surface area (Å²) >= 11 is 0. The molecule has 3 rings (SSSR count). The van der Waals surface area contributed by atoms with Crippen molar-refractivity contribution in [3.63, 3.8) is 0 Å². The van der Waals surface area contributed by atoms with Gasteiger partial charge in [-0.3, -0.25) is 19.0 Å². The number of carbonyl (C=O) groups is 2. The lowest BCUT2D eigenvalue weighted by atomic mass is 10.0. The van der Waals surface area contributed by atoms with Crippen LogP contribution in [0.2, 0.25) is 0 Å². The fraction of sp³-hybridized carbons (Fsp3) is 0.429. The molecule has 7 heteroatoms. The van der Waals surface area contributed by atoms with Gasteiger partial charge in [0.2, 0.25) is 0 Å². The lowest BCUT2D eigenvalue weighted by Crippen LogP contribution is -2.33. The molecule has 148 valence electrons. The quantitative estimate of drug-likeness (QED) is 0.707. The number of aromatic nitrogens is 2. The lowest BCUT2D eigenvalue weighted by molar-refractivity contribution is -0.123. The molecule has 1 saturated carbocycles. The molecule has 1 N–H and O–H groups in total. The fourth-order valence-electron chi connectivity index (χ4n) is 3.35. The van der Waals surface area contributed by atoms with E-state index < -0.39 is 0 Å². The highest BCUT2D eigenvalue weighted by Crippen LogP contribution is 2.32. The summed E-state index contributed by atoms with van der Waals surface area (Å²) in [6.45, 7) is 2.03. The minimum absolute atomic E-state index is 0.0229. The number of ketones is 1. The van der Waals surface area contributed by atoms with E-state index in [0.717, 1.165) is 18.5 Å². The molecule has 1 aromatic heterocycles. The van der Waals surface area contributed by atoms with Gasteiger partial charge in [-0.1, -0.05) is 12.8 Å². The Kier molecular flexibility index (Phi) is 6.57. The maximum absolute atomic E-state index is 12.2. The van der Waals surface area contributed by atoms with Crippen LogP contribution in [0.25, 0.3) is 0 Å². The molecule has 0 spiro atoms. The Labute approximate surface area is 163 Å². The molecule has 0 atom stereocenters. The topological polar surface area (TPSA) is 90.3 Å². The zero-order chi connectivity index (χ0) is 19.9. The second-order valence-corrected chi connectivity index (χ2v) is 7.05. The number of rotatable bonds is 8. The van der Waals surface area contributed by atoms with Crippen molar-refractivity contribution in [3.8, 4) is 5.75 Å². The van der Waals surface area contributed by atoms with Crippen LogP contribution in [0, 0.1) is 0 Å². The summed E-state index contributed by atoms with van der Waals surface area (Å²) in [5, 5.41) is 2.72. The first-order valence-corrected chi connectivity index (χ1v) is 9.60. The maximum Gasteiger partial charge on any atom is 0.258 e. The van der Waals surface area contributed by atoms with Gasteiger partial charge in [-0.05, 0) is 44.0 Å². The van der Waals surface area contributed by atoms with Crippen molar-refractivity contribution < 1.29 is 14.3 Å². The number of Topliss-reactive ketones (excluding diaryl/α,β-unsaturated/α-hetero) is 1. The zero-order valence-electron chi connectivity index (χ0n) is 16.0. The van der Waals surface area contributed by atoms with Crippen molar-refractivity contribution >= 4 is 11.7 Å². The molecule has 0 bridgehead atoms. The van der Waals surface area contributed by atoms with E-state index in [4.69, 9.17) is 4.74 Å². The number of hydrogen-bond donors (Lipinski definition) is 1. The second kappa shape index (κ2) is 9.30. The van der Waals surface area contributed by atoms with Crippen LogP contribution in [0.3, 0.4) is 0 Å². The Bertz CT molecular complexity index is 883. The highest BCUT2D eigenvalue weighted by Gasteiger charge is 2.18. The molecule has 0 saturated heterocycles. The average Bonchev–Trinajstić information content (AvgIpc) is 3.23. The number of nitrogens with one attached hydrogen (secondary N) is 1. The van der Waals surface area contributed by atoms with Gasteiger partial charge < -0.3 is 10.1 Å². The number of benzene rings is 1. The molecule has 2 aromatic rings. The number of carbonyl (C=O) groups excluding carboxylic acids is 2. The standard InChI is InChI=1S/C21H25N3O4/c1-15(25)16-6-8-18(9-7-16)28-13-20(26)22-10-11-24-14-23-19(12-21(24)27)17-4-2-3-5-17/h6-9,12,14,17H,2-5,10-11,13H2,1H3,(H,22,26). The van der Waals surface area contributed by atoms with Gasteiger partial charge in [-0.25, -0.2) is 4.98 Å². The van der Waals surface area contributed by atoms with Gasteiger partial charge >= 0.3 is 0 Å². The van der Waals surface area contributed by atoms with Gasteiger partial charge in [0.25, 0.3) is 11.5 Å². The Morgan fingerprint density at radius 1 is 1.21 bits per heavy atom. The van der Waals surface area contributed by atoms with E-state index in [2.05, 4.69) is 10.3 Å². The summed E-state index contributed by atoms with van der Waals surface area (Å²) in [6, 6.07) is 8.24. The third-order valence-electron chi connectivity index (χ3n) is 4.98. The summed E-state index contributed by atoms with van der Waals surface area (Å²) in [5.41, 5.74) is 1.38. The Balaban J connectivity index is 1.42. The highest BCUT2D eigenvalue weighted by atomic mass is 16.5. The Hall–Kier alpha value is -2.96. The molecule has 1 aliphatic rings. The minimum Gasteiger partial charge on any atom is -0.484 e. The zero-order valence-corrected chi connectivity index (χ0v) is 16.0. The summed E-state index contributed by atoms with van der Waals surface area (Å²) in [6.07, 6.45) is 6.16. The van der Waals surface area contributed by atoms with Gasteiger partial charge in [-0.15, -0.1) is 0 Å². The Morgan fingerprint density at radius 3 is 2.57 bits per heavy atom. The summed E-state index contributed by atoms with van der Waals surface area (Å²) < 4.78 is 6.90. The monoisotopic (exact) mass is 383 g/mol. The van der Waals surface area contributed by atoms with Gasteiger partial charge in [0.05, 0.1) is 12.0 Å². The van der Waals surface area contributed by atoms with Crippen molar-refractivity contribution in [3.05, 3.63) is 58.3 Å². The number of ether oxygens (including phenoxy) is 1. The van der Waals surface area contributed by atoms with Crippen LogP contribution >= 0.6 is 0 Å². The van der Waals surface area contributed by atoms with Gasteiger partial charge in [0.15, 0.2) is 12.4 Å². The van der Waals surface area contributed by atoms with E-state index in [1.54, 1.807) is 36.7 Å². The van der Waals surface area contributed by atoms with Crippen LogP contribution in [0.15, 0.2) is 41.5 Å². The smallest absolute Gasteiger partial charge is 0.258 e. The van der Waals surface area contributed by atoms with E-state index >= 15 is 0 Å². The first kappa shape index (κ1) is 19.8. The van der Waals surface area contributed by atoms with E-state index in [-0.39, 0.29) is 23.9 Å². The van der Waals surface area contributed by atoms with Crippen LogP contribution in [-0.4, -0.2) is 34.4 Å². The van der Waals surface area contributed by atoms with Crippen molar-refractivity contribution in [2.75, 3.05) is 13.2 Å². The van der Waals surface area contributed by atoms with E-state index in [1.807, 2.05) is 0 Å². The molecule has 1 aromatic carbocycles. The maximum atomic E-state index is 12.2. The normalized spacial score (nSPS) is 14.0. The van der Waals surface area contributed by atoms with Gasteiger partial charge in [0.1, 0.15) is 5.75 Å². The first-order chi connectivity index (χ1) is 13.5. The summed E-state index contributed by atoms with van der Waals surface area (Å²) in [7, 11) is 0. The third-order valence-corrected chi connectivity index (χ3v) is 4.98. The molecule has 1 aliphatic carbocycles. The van der Waals surface area contributed by atoms with E-state index in [9.17, 15) is 14.4 Å². The molecule has 7 nitrogen and oxygen atoms in total. The highest BCUT2D eigenvalue weighted by molar-refractivity contribution is 5.94. The van der Waals surface area contributed by atoms with Crippen LogP contribution < -0.4 is 15.6 Å². The molecule has 0 radical (unpaired) electrons. The largest absolute Gasteiger partial charge is 0.484 e. The molecule has 1 amide bonds. The fourth-order valence-corrected chi connectivity index (χ4v) is 3.35. The van der Waals surface area contributed by atoms with Crippen LogP contribution in [0.5, 0.6) is 5.75 Å². The molecular weight excluding hydrogens is 358 g/mol. The molecule has 0 unspecified atom stereocenters. The Morgan fingerprint density at radius 2 is 1.93 bits per heavy atom.